The van der Waals surface area contributed by atoms with E-state index in [1.165, 1.54) is 4.90 Å². The number of ether oxygens (including phenoxy) is 2. The number of benzene rings is 2. The molecule has 2 aromatic carbocycles. The average Bonchev–Trinajstić information content (AvgIpc) is 2.77. The summed E-state index contributed by atoms with van der Waals surface area (Å²) in [6.45, 7) is 2.51. The van der Waals surface area contributed by atoms with Crippen LogP contribution in [-0.4, -0.2) is 68.9 Å². The standard InChI is InChI=1S/C23H27N3O5/c1-16(23(29)24-11-12-25(2)3)26-19-13-17(9-10-21(19)31-15-22(26)28)20(27)14-30-18-7-5-4-6-8-18/h4-10,13,16H,11-12,14-15H2,1-3H3,(H,24,29). The molecule has 8 nitrogen and oxygen atoms in total. The van der Waals surface area contributed by atoms with E-state index in [-0.39, 0.29) is 30.8 Å². The highest BCUT2D eigenvalue weighted by molar-refractivity contribution is 6.05. The van der Waals surface area contributed by atoms with Gasteiger partial charge in [-0.1, -0.05) is 18.2 Å². The summed E-state index contributed by atoms with van der Waals surface area (Å²) >= 11 is 0. The zero-order chi connectivity index (χ0) is 22.4. The Morgan fingerprint density at radius 1 is 1.19 bits per heavy atom. The van der Waals surface area contributed by atoms with Crippen LogP contribution in [-0.2, 0) is 9.59 Å². The van der Waals surface area contributed by atoms with Crippen LogP contribution in [0.4, 0.5) is 5.69 Å². The highest BCUT2D eigenvalue weighted by atomic mass is 16.5. The van der Waals surface area contributed by atoms with E-state index in [1.807, 2.05) is 37.2 Å². The summed E-state index contributed by atoms with van der Waals surface area (Å²) in [6, 6.07) is 13.1. The van der Waals surface area contributed by atoms with Gasteiger partial charge in [0.1, 0.15) is 17.5 Å². The Bertz CT molecular complexity index is 945. The second kappa shape index (κ2) is 10.1. The number of carbonyl (C=O) groups excluding carboxylic acids is 3. The van der Waals surface area contributed by atoms with E-state index in [9.17, 15) is 14.4 Å². The third-order valence-corrected chi connectivity index (χ3v) is 4.90. The van der Waals surface area contributed by atoms with Crippen molar-refractivity contribution >= 4 is 23.3 Å². The molecule has 2 aromatic rings. The topological polar surface area (TPSA) is 88.2 Å². The average molecular weight is 425 g/mol. The highest BCUT2D eigenvalue weighted by Crippen LogP contribution is 2.34. The summed E-state index contributed by atoms with van der Waals surface area (Å²) in [5, 5.41) is 2.84. The lowest BCUT2D eigenvalue weighted by atomic mass is 10.1. The summed E-state index contributed by atoms with van der Waals surface area (Å²) in [5.74, 6) is 0.192. The van der Waals surface area contributed by atoms with Crippen LogP contribution >= 0.6 is 0 Å². The van der Waals surface area contributed by atoms with Crippen molar-refractivity contribution < 1.29 is 23.9 Å². The maximum Gasteiger partial charge on any atom is 0.265 e. The van der Waals surface area contributed by atoms with Crippen molar-refractivity contribution in [3.05, 3.63) is 54.1 Å². The number of fused-ring (bicyclic) bond motifs is 1. The largest absolute Gasteiger partial charge is 0.485 e. The number of para-hydroxylation sites is 1. The molecule has 8 heteroatoms. The zero-order valence-corrected chi connectivity index (χ0v) is 18.0. The van der Waals surface area contributed by atoms with Gasteiger partial charge in [0.15, 0.2) is 19.0 Å². The maximum absolute atomic E-state index is 12.6. The number of amides is 2. The van der Waals surface area contributed by atoms with Gasteiger partial charge in [-0.05, 0) is 51.4 Å². The van der Waals surface area contributed by atoms with E-state index in [4.69, 9.17) is 9.47 Å². The molecule has 1 unspecified atom stereocenters. The molecule has 0 saturated heterocycles. The van der Waals surface area contributed by atoms with Crippen molar-refractivity contribution in [3.63, 3.8) is 0 Å². The van der Waals surface area contributed by atoms with E-state index in [0.717, 1.165) is 0 Å². The Labute approximate surface area is 181 Å². The lowest BCUT2D eigenvalue weighted by Crippen LogP contribution is -2.52. The van der Waals surface area contributed by atoms with Crippen molar-refractivity contribution in [1.29, 1.82) is 0 Å². The molecule has 1 atom stereocenters. The SMILES string of the molecule is CC(C(=O)NCCN(C)C)N1C(=O)COc2ccc(C(=O)COc3ccccc3)cc21. The first-order valence-electron chi connectivity index (χ1n) is 10.1. The Morgan fingerprint density at radius 3 is 2.65 bits per heavy atom. The van der Waals surface area contributed by atoms with Crippen LogP contribution in [0.1, 0.15) is 17.3 Å². The van der Waals surface area contributed by atoms with Crippen molar-refractivity contribution in [2.45, 2.75) is 13.0 Å². The fourth-order valence-electron chi connectivity index (χ4n) is 3.19. The van der Waals surface area contributed by atoms with Crippen LogP contribution < -0.4 is 19.7 Å². The minimum atomic E-state index is -0.747. The van der Waals surface area contributed by atoms with Crippen molar-refractivity contribution in [2.24, 2.45) is 0 Å². The number of anilines is 1. The Balaban J connectivity index is 1.75. The number of nitrogens with zero attached hydrogens (tertiary/aromatic N) is 2. The van der Waals surface area contributed by atoms with E-state index >= 15 is 0 Å². The number of Topliss-reactive ketones (excluding diaryl/α,β-unsaturated/α-hetero) is 1. The van der Waals surface area contributed by atoms with Crippen LogP contribution in [0, 0.1) is 0 Å². The first kappa shape index (κ1) is 22.3. The normalized spacial score (nSPS) is 13.9. The predicted octanol–water partition coefficient (Wildman–Crippen LogP) is 1.74. The van der Waals surface area contributed by atoms with E-state index < -0.39 is 6.04 Å². The second-order valence-corrected chi connectivity index (χ2v) is 7.53. The summed E-state index contributed by atoms with van der Waals surface area (Å²) in [4.78, 5) is 41.2. The molecule has 0 radical (unpaired) electrons. The summed E-state index contributed by atoms with van der Waals surface area (Å²) < 4.78 is 11.0. The molecule has 0 spiro atoms. The summed E-state index contributed by atoms with van der Waals surface area (Å²) in [6.07, 6.45) is 0. The molecule has 164 valence electrons. The number of hydrogen-bond acceptors (Lipinski definition) is 6. The van der Waals surface area contributed by atoms with E-state index in [2.05, 4.69) is 5.32 Å². The fourth-order valence-corrected chi connectivity index (χ4v) is 3.19. The molecule has 2 amide bonds. The highest BCUT2D eigenvalue weighted by Gasteiger charge is 2.33. The molecule has 0 bridgehead atoms. The van der Waals surface area contributed by atoms with Crippen LogP contribution in [0.3, 0.4) is 0 Å². The number of rotatable bonds is 9. The molecule has 0 fully saturated rings. The Morgan fingerprint density at radius 2 is 1.94 bits per heavy atom. The Hall–Kier alpha value is -3.39. The van der Waals surface area contributed by atoms with Gasteiger partial charge in [0.05, 0.1) is 5.69 Å². The fraction of sp³-hybridized carbons (Fsp3) is 0.348. The number of carbonyl (C=O) groups is 3. The van der Waals surface area contributed by atoms with Crippen LogP contribution in [0.5, 0.6) is 11.5 Å². The van der Waals surface area contributed by atoms with Crippen LogP contribution in [0.25, 0.3) is 0 Å². The molecule has 0 saturated carbocycles. The smallest absolute Gasteiger partial charge is 0.265 e. The van der Waals surface area contributed by atoms with Crippen LogP contribution in [0.15, 0.2) is 48.5 Å². The summed E-state index contributed by atoms with van der Waals surface area (Å²) in [7, 11) is 3.83. The van der Waals surface area contributed by atoms with Gasteiger partial charge in [-0.25, -0.2) is 0 Å². The first-order valence-corrected chi connectivity index (χ1v) is 10.1. The number of hydrogen-bond donors (Lipinski definition) is 1. The molecule has 31 heavy (non-hydrogen) atoms. The minimum Gasteiger partial charge on any atom is -0.485 e. The zero-order valence-electron chi connectivity index (χ0n) is 18.0. The number of likely N-dealkylation sites (N-methyl/N-ethyl adjacent to an activating group) is 1. The van der Waals surface area contributed by atoms with Gasteiger partial charge < -0.3 is 19.7 Å². The van der Waals surface area contributed by atoms with Gasteiger partial charge in [-0.15, -0.1) is 0 Å². The molecule has 0 aliphatic carbocycles. The molecule has 1 aliphatic heterocycles. The lowest BCUT2D eigenvalue weighted by Gasteiger charge is -2.33. The third kappa shape index (κ3) is 5.61. The first-order chi connectivity index (χ1) is 14.9. The van der Waals surface area contributed by atoms with E-state index in [0.29, 0.717) is 35.8 Å². The monoisotopic (exact) mass is 425 g/mol. The van der Waals surface area contributed by atoms with Gasteiger partial charge in [-0.2, -0.15) is 0 Å². The quantitative estimate of drug-likeness (QED) is 0.616. The van der Waals surface area contributed by atoms with Gasteiger partial charge in [0, 0.05) is 18.7 Å². The maximum atomic E-state index is 12.6. The van der Waals surface area contributed by atoms with Gasteiger partial charge in [-0.3, -0.25) is 19.3 Å². The lowest BCUT2D eigenvalue weighted by molar-refractivity contribution is -0.127. The van der Waals surface area contributed by atoms with Crippen molar-refractivity contribution in [2.75, 3.05) is 45.3 Å². The van der Waals surface area contributed by atoms with Crippen LogP contribution in [0.2, 0.25) is 0 Å². The molecule has 3 rings (SSSR count). The van der Waals surface area contributed by atoms with Crippen molar-refractivity contribution in [1.82, 2.24) is 10.2 Å². The molecular weight excluding hydrogens is 398 g/mol. The Kier molecular flexibility index (Phi) is 7.25. The molecular formula is C23H27N3O5. The molecule has 1 aliphatic rings. The van der Waals surface area contributed by atoms with Gasteiger partial charge in [0.25, 0.3) is 5.91 Å². The van der Waals surface area contributed by atoms with Crippen molar-refractivity contribution in [3.8, 4) is 11.5 Å². The number of ketones is 1. The number of nitrogens with one attached hydrogen (secondary N) is 1. The molecule has 1 N–H and O–H groups in total. The minimum absolute atomic E-state index is 0.141. The van der Waals surface area contributed by atoms with Gasteiger partial charge >= 0.3 is 0 Å². The second-order valence-electron chi connectivity index (χ2n) is 7.53. The summed E-state index contributed by atoms with van der Waals surface area (Å²) in [5.41, 5.74) is 0.773. The third-order valence-electron chi connectivity index (χ3n) is 4.90. The predicted molar refractivity (Wildman–Crippen MR) is 117 cm³/mol. The molecule has 0 aromatic heterocycles. The van der Waals surface area contributed by atoms with Gasteiger partial charge in [0.2, 0.25) is 5.91 Å². The van der Waals surface area contributed by atoms with E-state index in [1.54, 1.807) is 37.3 Å². The molecule has 1 heterocycles.